The van der Waals surface area contributed by atoms with Gasteiger partial charge in [0, 0.05) is 94.5 Å². The van der Waals surface area contributed by atoms with Crippen LogP contribution in [0.3, 0.4) is 0 Å². The Labute approximate surface area is 282 Å². The lowest BCUT2D eigenvalue weighted by Crippen LogP contribution is -2.52. The number of likely N-dealkylation sites (N-methyl/N-ethyl adjacent to an activating group) is 1. The van der Waals surface area contributed by atoms with Crippen LogP contribution in [0.2, 0.25) is 0 Å². The van der Waals surface area contributed by atoms with Crippen molar-refractivity contribution in [3.63, 3.8) is 0 Å². The number of rotatable bonds is 11. The summed E-state index contributed by atoms with van der Waals surface area (Å²) in [4.78, 5) is 26.3. The van der Waals surface area contributed by atoms with Crippen LogP contribution in [0.4, 0.5) is 34.5 Å². The Morgan fingerprint density at radius 1 is 1.02 bits per heavy atom. The molecule has 0 amide bonds. The number of hydrogen-bond acceptors (Lipinski definition) is 12. The third kappa shape index (κ3) is 7.09. The molecule has 6 rings (SSSR count). The number of nitrogens with zero attached hydrogens (tertiary/aromatic N) is 8. The van der Waals surface area contributed by atoms with E-state index in [0.717, 1.165) is 58.9 Å². The van der Waals surface area contributed by atoms with Gasteiger partial charge in [-0.1, -0.05) is 31.5 Å². The summed E-state index contributed by atoms with van der Waals surface area (Å²) < 4.78 is 8.00. The van der Waals surface area contributed by atoms with E-state index in [1.807, 2.05) is 25.4 Å². The van der Waals surface area contributed by atoms with E-state index in [1.165, 1.54) is 50.3 Å². The predicted molar refractivity (Wildman–Crippen MR) is 197 cm³/mol. The van der Waals surface area contributed by atoms with E-state index in [1.54, 1.807) is 43.7 Å². The lowest BCUT2D eigenvalue weighted by atomic mass is 9.99. The molecule has 0 radical (unpaired) electrons. The Hall–Kier alpha value is -4.13. The molecule has 2 aromatic heterocycles. The molecule has 2 N–H and O–H groups in total. The highest BCUT2D eigenvalue weighted by Gasteiger charge is 2.28. The number of aromatic nitrogens is 4. The molecule has 4 heterocycles. The topological polar surface area (TPSA) is 97.8 Å². The molecule has 248 valence electrons. The van der Waals surface area contributed by atoms with E-state index in [2.05, 4.69) is 77.3 Å². The van der Waals surface area contributed by atoms with Crippen LogP contribution >= 0.6 is 11.9 Å². The van der Waals surface area contributed by atoms with Crippen LogP contribution in [0, 0.1) is 0 Å². The first-order chi connectivity index (χ1) is 22.9. The number of aryl methyl sites for hydroxylation is 1. The van der Waals surface area contributed by atoms with Gasteiger partial charge < -0.3 is 29.5 Å². The highest BCUT2D eigenvalue weighted by atomic mass is 32.2. The lowest BCUT2D eigenvalue weighted by molar-refractivity contribution is 0.0982. The Kier molecular flexibility index (Phi) is 10.3. The molecular formula is C35H46N10OS. The molecule has 0 atom stereocenters. The number of piperazine rings is 1. The van der Waals surface area contributed by atoms with E-state index >= 15 is 0 Å². The van der Waals surface area contributed by atoms with Crippen molar-refractivity contribution in [3.05, 3.63) is 60.6 Å². The molecule has 12 heteroatoms. The van der Waals surface area contributed by atoms with Crippen molar-refractivity contribution in [2.75, 3.05) is 86.6 Å². The Balaban J connectivity index is 1.24. The summed E-state index contributed by atoms with van der Waals surface area (Å²) in [6, 6.07) is 9.00. The minimum atomic E-state index is 0.458. The molecule has 2 fully saturated rings. The number of anilines is 6. The molecule has 2 saturated heterocycles. The summed E-state index contributed by atoms with van der Waals surface area (Å²) in [5.74, 6) is 1.85. The average molecular weight is 655 g/mol. The fourth-order valence-corrected chi connectivity index (χ4v) is 6.97. The summed E-state index contributed by atoms with van der Waals surface area (Å²) in [5.41, 5.74) is 7.55. The van der Waals surface area contributed by atoms with Gasteiger partial charge in [-0.05, 0) is 50.1 Å². The van der Waals surface area contributed by atoms with E-state index in [4.69, 9.17) is 9.72 Å². The van der Waals surface area contributed by atoms with Crippen LogP contribution in [0.25, 0.3) is 17.1 Å². The molecule has 4 aromatic rings. The fraction of sp³-hybridized carbons (Fsp3) is 0.429. The first-order valence-corrected chi connectivity index (χ1v) is 17.5. The van der Waals surface area contributed by atoms with E-state index in [9.17, 15) is 0 Å². The van der Waals surface area contributed by atoms with Crippen LogP contribution in [0.5, 0.6) is 5.75 Å². The lowest BCUT2D eigenvalue weighted by Gasteiger charge is -2.43. The molecule has 2 aromatic carbocycles. The van der Waals surface area contributed by atoms with Crippen molar-refractivity contribution in [2.45, 2.75) is 32.2 Å². The van der Waals surface area contributed by atoms with Crippen molar-refractivity contribution in [3.8, 4) is 5.75 Å². The van der Waals surface area contributed by atoms with Gasteiger partial charge in [0.25, 0.3) is 0 Å². The maximum Gasteiger partial charge on any atom is 0.229 e. The van der Waals surface area contributed by atoms with Gasteiger partial charge in [0.15, 0.2) is 0 Å². The summed E-state index contributed by atoms with van der Waals surface area (Å²) >= 11 is 1.60. The first kappa shape index (κ1) is 32.8. The molecule has 0 aliphatic carbocycles. The van der Waals surface area contributed by atoms with Crippen molar-refractivity contribution in [2.24, 2.45) is 0 Å². The van der Waals surface area contributed by atoms with Crippen molar-refractivity contribution in [1.29, 1.82) is 0 Å². The van der Waals surface area contributed by atoms with Crippen LogP contribution in [0.1, 0.15) is 30.9 Å². The van der Waals surface area contributed by atoms with Gasteiger partial charge in [0.05, 0.1) is 29.7 Å². The first-order valence-electron chi connectivity index (χ1n) is 16.4. The minimum Gasteiger partial charge on any atom is -0.494 e. The molecule has 2 aliphatic rings. The zero-order valence-electron chi connectivity index (χ0n) is 28.2. The molecular weight excluding hydrogens is 609 g/mol. The quantitative estimate of drug-likeness (QED) is 0.184. The van der Waals surface area contributed by atoms with Crippen molar-refractivity contribution < 1.29 is 4.74 Å². The third-order valence-corrected chi connectivity index (χ3v) is 10.1. The van der Waals surface area contributed by atoms with Gasteiger partial charge in [0.1, 0.15) is 17.1 Å². The summed E-state index contributed by atoms with van der Waals surface area (Å²) in [5, 5.41) is 6.98. The highest BCUT2D eigenvalue weighted by Crippen LogP contribution is 2.39. The number of methoxy groups -OCH3 is 1. The number of hydrogen-bond donors (Lipinski definition) is 2. The average Bonchev–Trinajstić information content (AvgIpc) is 3.11. The number of fused-ring (bicyclic) bond motifs is 1. The van der Waals surface area contributed by atoms with Gasteiger partial charge in [-0.3, -0.25) is 14.9 Å². The Bertz CT molecular complexity index is 1700. The second kappa shape index (κ2) is 14.7. The Morgan fingerprint density at radius 2 is 1.79 bits per heavy atom. The van der Waals surface area contributed by atoms with Gasteiger partial charge in [-0.25, -0.2) is 4.98 Å². The standard InChI is InChI=1S/C35H46N10OS/c1-7-24-21-29(31(46-5)22-30(24)45-15-11-26(12-16-45)44-19-17-42(3)18-20-44)40-35-38-23-25(8-2)34(41-35)39-28-10-9-27-32(37-14-13-36-27)33(28)43(4)47-6/h8-10,13-14,21-23,26H,2,7,11-12,15-20H2,1,3-6H3,(H2,38,39,40,41). The SMILES string of the molecule is C=Cc1cnc(Nc2cc(CC)c(N3CCC(N4CCN(C)CC4)CC3)cc2OC)nc1Nc1ccc2nccnc2c1N(C)SC. The normalized spacial score (nSPS) is 16.3. The van der Waals surface area contributed by atoms with E-state index < -0.39 is 0 Å². The largest absolute Gasteiger partial charge is 0.494 e. The van der Waals surface area contributed by atoms with Crippen LogP contribution in [0.15, 0.2) is 49.4 Å². The van der Waals surface area contributed by atoms with Gasteiger partial charge >= 0.3 is 0 Å². The summed E-state index contributed by atoms with van der Waals surface area (Å²) in [6.07, 6.45) is 12.3. The smallest absolute Gasteiger partial charge is 0.229 e. The second-order valence-electron chi connectivity index (χ2n) is 12.1. The van der Waals surface area contributed by atoms with Crippen molar-refractivity contribution >= 4 is 63.6 Å². The monoisotopic (exact) mass is 654 g/mol. The van der Waals surface area contributed by atoms with Gasteiger partial charge in [-0.15, -0.1) is 0 Å². The highest BCUT2D eigenvalue weighted by molar-refractivity contribution is 7.99. The fourth-order valence-electron chi connectivity index (χ4n) is 6.60. The maximum atomic E-state index is 5.93. The van der Waals surface area contributed by atoms with Crippen LogP contribution < -0.4 is 24.6 Å². The van der Waals surface area contributed by atoms with Gasteiger partial charge in [-0.2, -0.15) is 4.98 Å². The number of nitrogens with one attached hydrogen (secondary N) is 2. The van der Waals surface area contributed by atoms with Crippen LogP contribution in [-0.2, 0) is 6.42 Å². The molecule has 0 saturated carbocycles. The predicted octanol–water partition coefficient (Wildman–Crippen LogP) is 6.05. The minimum absolute atomic E-state index is 0.458. The maximum absolute atomic E-state index is 5.93. The Morgan fingerprint density at radius 3 is 2.49 bits per heavy atom. The summed E-state index contributed by atoms with van der Waals surface area (Å²) in [6.45, 7) is 13.0. The molecule has 0 spiro atoms. The molecule has 2 aliphatic heterocycles. The van der Waals surface area contributed by atoms with Crippen LogP contribution in [-0.4, -0.2) is 103 Å². The molecule has 47 heavy (non-hydrogen) atoms. The van der Waals surface area contributed by atoms with E-state index in [0.29, 0.717) is 17.8 Å². The van der Waals surface area contributed by atoms with Crippen molar-refractivity contribution in [1.82, 2.24) is 29.7 Å². The third-order valence-electron chi connectivity index (χ3n) is 9.38. The second-order valence-corrected chi connectivity index (χ2v) is 13.0. The summed E-state index contributed by atoms with van der Waals surface area (Å²) in [7, 11) is 5.95. The number of ether oxygens (including phenoxy) is 1. The number of benzene rings is 2. The molecule has 0 unspecified atom stereocenters. The zero-order chi connectivity index (χ0) is 32.9. The number of piperidine rings is 1. The molecule has 11 nitrogen and oxygen atoms in total. The molecule has 0 bridgehead atoms. The van der Waals surface area contributed by atoms with E-state index in [-0.39, 0.29) is 0 Å². The van der Waals surface area contributed by atoms with Gasteiger partial charge in [0.2, 0.25) is 5.95 Å². The zero-order valence-corrected chi connectivity index (χ0v) is 29.0.